The van der Waals surface area contributed by atoms with Crippen molar-refractivity contribution < 1.29 is 22.8 Å². The van der Waals surface area contributed by atoms with E-state index in [0.717, 1.165) is 5.56 Å². The van der Waals surface area contributed by atoms with Gasteiger partial charge in [0.25, 0.3) is 0 Å². The highest BCUT2D eigenvalue weighted by Crippen LogP contribution is 2.20. The lowest BCUT2D eigenvalue weighted by Gasteiger charge is -2.07. The lowest BCUT2D eigenvalue weighted by Crippen LogP contribution is -2.25. The Balaban J connectivity index is 2.88. The second-order valence-corrected chi connectivity index (χ2v) is 3.84. The molecule has 1 aromatic carbocycles. The maximum atomic E-state index is 12.0. The van der Waals surface area contributed by atoms with E-state index in [0.29, 0.717) is 5.56 Å². The molecule has 0 amide bonds. The van der Waals surface area contributed by atoms with Crippen LogP contribution >= 0.6 is 0 Å². The summed E-state index contributed by atoms with van der Waals surface area (Å²) in [4.78, 5) is 22.2. The van der Waals surface area contributed by atoms with Crippen molar-refractivity contribution in [3.05, 3.63) is 34.9 Å². The molecule has 0 bridgehead atoms. The fourth-order valence-corrected chi connectivity index (χ4v) is 1.47. The Kier molecular flexibility index (Phi) is 3.70. The predicted molar refractivity (Wildman–Crippen MR) is 55.9 cm³/mol. The molecule has 0 radical (unpaired) electrons. The van der Waals surface area contributed by atoms with Gasteiger partial charge >= 0.3 is 6.18 Å². The summed E-state index contributed by atoms with van der Waals surface area (Å²) in [5, 5.41) is 0. The summed E-state index contributed by atoms with van der Waals surface area (Å²) >= 11 is 0. The Bertz CT molecular complexity index is 461. The molecule has 0 aliphatic rings. The van der Waals surface area contributed by atoms with Crippen molar-refractivity contribution >= 4 is 11.6 Å². The summed E-state index contributed by atoms with van der Waals surface area (Å²) < 4.78 is 36.0. The van der Waals surface area contributed by atoms with Crippen molar-refractivity contribution in [2.75, 3.05) is 0 Å². The van der Waals surface area contributed by atoms with Gasteiger partial charge in [-0.3, -0.25) is 9.59 Å². The van der Waals surface area contributed by atoms with E-state index >= 15 is 0 Å². The molecular weight excluding hydrogens is 233 g/mol. The van der Waals surface area contributed by atoms with Gasteiger partial charge in [0.2, 0.25) is 5.78 Å². The number of Topliss-reactive ketones (excluding diaryl/α,β-unsaturated/α-hetero) is 2. The minimum Gasteiger partial charge on any atom is -0.294 e. The Morgan fingerprint density at radius 3 is 2.24 bits per heavy atom. The SMILES string of the molecule is Cc1ccc(C(=O)CC(=O)C(F)(F)F)c(C)c1. The van der Waals surface area contributed by atoms with Gasteiger partial charge in [0.15, 0.2) is 5.78 Å². The van der Waals surface area contributed by atoms with Crippen molar-refractivity contribution in [1.82, 2.24) is 0 Å². The first-order valence-electron chi connectivity index (χ1n) is 4.92. The molecule has 0 aromatic heterocycles. The number of hydrogen-bond acceptors (Lipinski definition) is 2. The molecule has 0 fully saturated rings. The van der Waals surface area contributed by atoms with Gasteiger partial charge in [0.1, 0.15) is 0 Å². The third-order valence-electron chi connectivity index (χ3n) is 2.32. The average Bonchev–Trinajstić information content (AvgIpc) is 2.15. The number of rotatable bonds is 3. The second kappa shape index (κ2) is 4.69. The van der Waals surface area contributed by atoms with E-state index in [1.165, 1.54) is 6.07 Å². The van der Waals surface area contributed by atoms with Gasteiger partial charge in [-0.25, -0.2) is 0 Å². The van der Waals surface area contributed by atoms with Crippen LogP contribution in [0.1, 0.15) is 27.9 Å². The molecule has 0 saturated heterocycles. The number of ketones is 2. The first-order chi connectivity index (χ1) is 7.71. The number of halogens is 3. The van der Waals surface area contributed by atoms with Crippen LogP contribution in [-0.4, -0.2) is 17.7 Å². The van der Waals surface area contributed by atoms with Crippen molar-refractivity contribution in [2.45, 2.75) is 26.4 Å². The van der Waals surface area contributed by atoms with Crippen molar-refractivity contribution in [2.24, 2.45) is 0 Å². The molecule has 1 aromatic rings. The van der Waals surface area contributed by atoms with E-state index in [2.05, 4.69) is 0 Å². The van der Waals surface area contributed by atoms with Crippen molar-refractivity contribution in [1.29, 1.82) is 0 Å². The molecule has 92 valence electrons. The molecular formula is C12H11F3O2. The van der Waals surface area contributed by atoms with Crippen LogP contribution in [0.5, 0.6) is 0 Å². The Morgan fingerprint density at radius 2 is 1.76 bits per heavy atom. The Hall–Kier alpha value is -1.65. The zero-order chi connectivity index (χ0) is 13.2. The summed E-state index contributed by atoms with van der Waals surface area (Å²) in [6.45, 7) is 3.43. The van der Waals surface area contributed by atoms with Gasteiger partial charge in [-0.15, -0.1) is 0 Å². The van der Waals surface area contributed by atoms with Gasteiger partial charge in [-0.05, 0) is 19.4 Å². The molecule has 1 rings (SSSR count). The van der Waals surface area contributed by atoms with Crippen LogP contribution in [0.25, 0.3) is 0 Å². The Morgan fingerprint density at radius 1 is 1.18 bits per heavy atom. The third-order valence-corrected chi connectivity index (χ3v) is 2.32. The fourth-order valence-electron chi connectivity index (χ4n) is 1.47. The van der Waals surface area contributed by atoms with Crippen LogP contribution in [0, 0.1) is 13.8 Å². The van der Waals surface area contributed by atoms with Gasteiger partial charge in [0, 0.05) is 5.56 Å². The lowest BCUT2D eigenvalue weighted by molar-refractivity contribution is -0.170. The van der Waals surface area contributed by atoms with Gasteiger partial charge in [-0.1, -0.05) is 23.8 Å². The van der Waals surface area contributed by atoms with E-state index in [-0.39, 0.29) is 5.56 Å². The molecule has 5 heteroatoms. The number of alkyl halides is 3. The zero-order valence-corrected chi connectivity index (χ0v) is 9.39. The highest BCUT2D eigenvalue weighted by Gasteiger charge is 2.39. The molecule has 0 aliphatic heterocycles. The van der Waals surface area contributed by atoms with Crippen LogP contribution in [0.3, 0.4) is 0 Å². The number of benzene rings is 1. The summed E-state index contributed by atoms with van der Waals surface area (Å²) in [6, 6.07) is 4.75. The molecule has 0 atom stereocenters. The summed E-state index contributed by atoms with van der Waals surface area (Å²) in [7, 11) is 0. The maximum absolute atomic E-state index is 12.0. The standard InChI is InChI=1S/C12H11F3O2/c1-7-3-4-9(8(2)5-7)10(16)6-11(17)12(13,14)15/h3-5H,6H2,1-2H3. The first-order valence-corrected chi connectivity index (χ1v) is 4.92. The van der Waals surface area contributed by atoms with Gasteiger partial charge in [-0.2, -0.15) is 13.2 Å². The summed E-state index contributed by atoms with van der Waals surface area (Å²) in [6.07, 6.45) is -6.08. The number of carbonyl (C=O) groups is 2. The number of aryl methyl sites for hydroxylation is 2. The second-order valence-electron chi connectivity index (χ2n) is 3.84. The predicted octanol–water partition coefficient (Wildman–Crippen LogP) is 3.01. The highest BCUT2D eigenvalue weighted by molar-refractivity contribution is 6.10. The summed E-state index contributed by atoms with van der Waals surface area (Å²) in [5.41, 5.74) is 1.64. The normalized spacial score (nSPS) is 11.4. The topological polar surface area (TPSA) is 34.1 Å². The van der Waals surface area contributed by atoms with E-state index in [1.807, 2.05) is 6.92 Å². The molecule has 0 unspecified atom stereocenters. The molecule has 0 spiro atoms. The largest absolute Gasteiger partial charge is 0.450 e. The van der Waals surface area contributed by atoms with Crippen LogP contribution in [-0.2, 0) is 4.79 Å². The molecule has 0 N–H and O–H groups in total. The number of carbonyl (C=O) groups excluding carboxylic acids is 2. The van der Waals surface area contributed by atoms with Crippen LogP contribution in [0.4, 0.5) is 13.2 Å². The lowest BCUT2D eigenvalue weighted by atomic mass is 9.99. The van der Waals surface area contributed by atoms with Crippen LogP contribution in [0.2, 0.25) is 0 Å². The smallest absolute Gasteiger partial charge is 0.294 e. The zero-order valence-electron chi connectivity index (χ0n) is 9.39. The average molecular weight is 244 g/mol. The van der Waals surface area contributed by atoms with Gasteiger partial charge in [0.05, 0.1) is 6.42 Å². The third kappa shape index (κ3) is 3.41. The van der Waals surface area contributed by atoms with Gasteiger partial charge < -0.3 is 0 Å². The van der Waals surface area contributed by atoms with E-state index in [9.17, 15) is 22.8 Å². The monoisotopic (exact) mass is 244 g/mol. The molecule has 17 heavy (non-hydrogen) atoms. The Labute approximate surface area is 96.4 Å². The van der Waals surface area contributed by atoms with Crippen LogP contribution < -0.4 is 0 Å². The minimum absolute atomic E-state index is 0.160. The quantitative estimate of drug-likeness (QED) is 0.605. The van der Waals surface area contributed by atoms with Crippen LogP contribution in [0.15, 0.2) is 18.2 Å². The summed E-state index contributed by atoms with van der Waals surface area (Å²) in [5.74, 6) is -2.81. The van der Waals surface area contributed by atoms with Crippen molar-refractivity contribution in [3.63, 3.8) is 0 Å². The number of hydrogen-bond donors (Lipinski definition) is 0. The minimum atomic E-state index is -4.95. The molecule has 0 saturated carbocycles. The fraction of sp³-hybridized carbons (Fsp3) is 0.333. The van der Waals surface area contributed by atoms with Crippen molar-refractivity contribution in [3.8, 4) is 0 Å². The molecule has 0 heterocycles. The maximum Gasteiger partial charge on any atom is 0.450 e. The van der Waals surface area contributed by atoms with E-state index in [4.69, 9.17) is 0 Å². The highest BCUT2D eigenvalue weighted by atomic mass is 19.4. The molecule has 0 aliphatic carbocycles. The first kappa shape index (κ1) is 13.4. The van der Waals surface area contributed by atoms with E-state index in [1.54, 1.807) is 19.1 Å². The van der Waals surface area contributed by atoms with E-state index < -0.39 is 24.2 Å². The molecule has 2 nitrogen and oxygen atoms in total.